The Bertz CT molecular complexity index is 1440. The molecule has 5 heterocycles. The van der Waals surface area contributed by atoms with Crippen molar-refractivity contribution >= 4 is 33.2 Å². The minimum absolute atomic E-state index is 0.275. The third-order valence-electron chi connectivity index (χ3n) is 7.17. The van der Waals surface area contributed by atoms with Crippen molar-refractivity contribution in [3.63, 3.8) is 0 Å². The molecule has 2 fully saturated rings. The highest BCUT2D eigenvalue weighted by Crippen LogP contribution is 2.35. The van der Waals surface area contributed by atoms with Crippen molar-refractivity contribution in [2.24, 2.45) is 0 Å². The molecule has 4 aromatic rings. The molecule has 1 N–H and O–H groups in total. The highest BCUT2D eigenvalue weighted by atomic mass is 32.1. The van der Waals surface area contributed by atoms with Crippen LogP contribution in [0.1, 0.15) is 59.8 Å². The van der Waals surface area contributed by atoms with Crippen molar-refractivity contribution < 1.29 is 4.74 Å². The molecular weight excluding hydrogens is 556 g/mol. The van der Waals surface area contributed by atoms with Gasteiger partial charge in [0.05, 0.1) is 34.6 Å². The summed E-state index contributed by atoms with van der Waals surface area (Å²) in [5, 5.41) is 19.4. The molecule has 0 aliphatic carbocycles. The summed E-state index contributed by atoms with van der Waals surface area (Å²) in [5.74, 6) is 1.39. The smallest absolute Gasteiger partial charge is 0.228 e. The summed E-state index contributed by atoms with van der Waals surface area (Å²) in [6.07, 6.45) is 9.38. The SMILES string of the molecule is CCC.CCC.CN1CC(CC#N)(n2cc(-c3nc(Nc4ccc(OCCN5CCCC5)cc4)nc4ccsc34)cn2)C1. The van der Waals surface area contributed by atoms with E-state index in [1.54, 1.807) is 11.3 Å². The minimum Gasteiger partial charge on any atom is -0.492 e. The lowest BCUT2D eigenvalue weighted by Gasteiger charge is -2.47. The number of fused-ring (bicyclic) bond motifs is 1. The van der Waals surface area contributed by atoms with Gasteiger partial charge >= 0.3 is 0 Å². The van der Waals surface area contributed by atoms with Crippen molar-refractivity contribution in [2.45, 2.75) is 65.3 Å². The van der Waals surface area contributed by atoms with E-state index in [2.05, 4.69) is 61.0 Å². The molecule has 6 rings (SSSR count). The monoisotopic (exact) mass is 602 g/mol. The van der Waals surface area contributed by atoms with E-state index in [4.69, 9.17) is 14.7 Å². The number of benzene rings is 1. The fourth-order valence-corrected chi connectivity index (χ4v) is 6.17. The average molecular weight is 603 g/mol. The second kappa shape index (κ2) is 15.8. The summed E-state index contributed by atoms with van der Waals surface area (Å²) in [7, 11) is 2.06. The van der Waals surface area contributed by atoms with Crippen LogP contribution < -0.4 is 10.1 Å². The first-order chi connectivity index (χ1) is 20.9. The van der Waals surface area contributed by atoms with Crippen LogP contribution in [-0.2, 0) is 5.54 Å². The Morgan fingerprint density at radius 2 is 1.72 bits per heavy atom. The maximum atomic E-state index is 9.39. The van der Waals surface area contributed by atoms with Gasteiger partial charge < -0.3 is 15.0 Å². The van der Waals surface area contributed by atoms with Gasteiger partial charge in [-0.2, -0.15) is 10.4 Å². The van der Waals surface area contributed by atoms with Crippen LogP contribution in [0.2, 0.25) is 0 Å². The first-order valence-electron chi connectivity index (χ1n) is 15.5. The maximum Gasteiger partial charge on any atom is 0.228 e. The number of rotatable bonds is 9. The number of anilines is 2. The van der Waals surface area contributed by atoms with E-state index in [9.17, 15) is 5.26 Å². The van der Waals surface area contributed by atoms with E-state index >= 15 is 0 Å². The van der Waals surface area contributed by atoms with Crippen molar-refractivity contribution in [3.05, 3.63) is 48.1 Å². The molecule has 0 radical (unpaired) electrons. The highest BCUT2D eigenvalue weighted by molar-refractivity contribution is 7.17. The molecule has 9 nitrogen and oxygen atoms in total. The number of hydrogen-bond donors (Lipinski definition) is 1. The Kier molecular flexibility index (Phi) is 11.9. The zero-order valence-corrected chi connectivity index (χ0v) is 27.2. The second-order valence-electron chi connectivity index (χ2n) is 11.4. The van der Waals surface area contributed by atoms with Gasteiger partial charge in [0.1, 0.15) is 17.9 Å². The van der Waals surface area contributed by atoms with Crippen LogP contribution in [-0.4, -0.2) is 75.9 Å². The lowest BCUT2D eigenvalue weighted by molar-refractivity contribution is 0.0265. The summed E-state index contributed by atoms with van der Waals surface area (Å²) in [6.45, 7) is 14.2. The fourth-order valence-electron chi connectivity index (χ4n) is 5.33. The summed E-state index contributed by atoms with van der Waals surface area (Å²) >= 11 is 1.62. The Morgan fingerprint density at radius 3 is 2.37 bits per heavy atom. The van der Waals surface area contributed by atoms with Crippen LogP contribution in [0.3, 0.4) is 0 Å². The summed E-state index contributed by atoms with van der Waals surface area (Å²) in [6, 6.07) is 12.3. The van der Waals surface area contributed by atoms with Gasteiger partial charge in [0.25, 0.3) is 0 Å². The van der Waals surface area contributed by atoms with Crippen molar-refractivity contribution in [2.75, 3.05) is 51.7 Å². The lowest BCUT2D eigenvalue weighted by atomic mass is 9.87. The van der Waals surface area contributed by atoms with Gasteiger partial charge in [0.15, 0.2) is 0 Å². The van der Waals surface area contributed by atoms with Crippen LogP contribution in [0, 0.1) is 11.3 Å². The summed E-state index contributed by atoms with van der Waals surface area (Å²) < 4.78 is 8.90. The number of likely N-dealkylation sites (N-methyl/N-ethyl adjacent to an activating group) is 1. The Balaban J connectivity index is 0.000000653. The molecule has 2 aliphatic heterocycles. The summed E-state index contributed by atoms with van der Waals surface area (Å²) in [4.78, 5) is 14.3. The van der Waals surface area contributed by atoms with Crippen LogP contribution in [0.15, 0.2) is 48.1 Å². The molecule has 2 saturated heterocycles. The molecule has 0 amide bonds. The molecule has 43 heavy (non-hydrogen) atoms. The van der Waals surface area contributed by atoms with Gasteiger partial charge in [-0.3, -0.25) is 9.58 Å². The molecule has 3 aromatic heterocycles. The second-order valence-corrected chi connectivity index (χ2v) is 12.3. The molecular formula is C33H46N8OS. The molecule has 0 atom stereocenters. The van der Waals surface area contributed by atoms with E-state index < -0.39 is 0 Å². The van der Waals surface area contributed by atoms with E-state index in [0.717, 1.165) is 52.5 Å². The predicted octanol–water partition coefficient (Wildman–Crippen LogP) is 7.16. The number of thiophene rings is 1. The quantitative estimate of drug-likeness (QED) is 0.216. The van der Waals surface area contributed by atoms with Gasteiger partial charge in [0.2, 0.25) is 5.95 Å². The predicted molar refractivity (Wildman–Crippen MR) is 177 cm³/mol. The van der Waals surface area contributed by atoms with Crippen molar-refractivity contribution in [1.29, 1.82) is 5.26 Å². The molecule has 230 valence electrons. The van der Waals surface area contributed by atoms with Gasteiger partial charge in [-0.15, -0.1) is 11.3 Å². The number of likely N-dealkylation sites (tertiary alicyclic amines) is 2. The van der Waals surface area contributed by atoms with E-state index in [1.165, 1.54) is 38.8 Å². The van der Waals surface area contributed by atoms with Gasteiger partial charge in [-0.25, -0.2) is 9.97 Å². The van der Waals surface area contributed by atoms with Gasteiger partial charge in [-0.1, -0.05) is 40.5 Å². The fraction of sp³-hybridized carbons (Fsp3) is 0.515. The van der Waals surface area contributed by atoms with Crippen molar-refractivity contribution in [1.82, 2.24) is 29.5 Å². The molecule has 10 heteroatoms. The topological polar surface area (TPSA) is 95.1 Å². The largest absolute Gasteiger partial charge is 0.492 e. The molecule has 0 unspecified atom stereocenters. The van der Waals surface area contributed by atoms with Gasteiger partial charge in [0, 0.05) is 37.1 Å². The molecule has 0 spiro atoms. The average Bonchev–Trinajstić information content (AvgIpc) is 3.76. The number of nitrogens with zero attached hydrogens (tertiary/aromatic N) is 7. The lowest BCUT2D eigenvalue weighted by Crippen LogP contribution is -2.61. The highest BCUT2D eigenvalue weighted by Gasteiger charge is 2.43. The Labute approximate surface area is 260 Å². The molecule has 1 aromatic carbocycles. The van der Waals surface area contributed by atoms with Crippen molar-refractivity contribution in [3.8, 4) is 23.1 Å². The Morgan fingerprint density at radius 1 is 1.02 bits per heavy atom. The molecule has 0 saturated carbocycles. The standard InChI is InChI=1S/C27H30N8OS.2C3H8/c1-33-18-27(19-33,9-10-28)35-17-20(16-29-35)24-25-23(8-15-37-25)31-26(32-24)30-21-4-6-22(7-5-21)36-14-13-34-11-2-3-12-34;2*1-3-2/h4-8,15-17H,2-3,9,11-14,18-19H2,1H3,(H,30,31,32);2*3H2,1-2H3. The first-order valence-corrected chi connectivity index (χ1v) is 16.4. The molecule has 0 bridgehead atoms. The van der Waals surface area contributed by atoms with Crippen LogP contribution >= 0.6 is 11.3 Å². The molecule has 2 aliphatic rings. The zero-order chi connectivity index (χ0) is 30.7. The first kappa shape index (κ1) is 32.4. The number of nitrogens with one attached hydrogen (secondary N) is 1. The zero-order valence-electron chi connectivity index (χ0n) is 26.3. The van der Waals surface area contributed by atoms with Crippen LogP contribution in [0.25, 0.3) is 21.5 Å². The number of aromatic nitrogens is 4. The van der Waals surface area contributed by atoms with E-state index in [-0.39, 0.29) is 5.54 Å². The summed E-state index contributed by atoms with van der Waals surface area (Å²) in [5.41, 5.74) is 3.28. The normalized spacial score (nSPS) is 15.9. The maximum absolute atomic E-state index is 9.39. The third-order valence-corrected chi connectivity index (χ3v) is 8.08. The van der Waals surface area contributed by atoms with E-state index in [0.29, 0.717) is 19.0 Å². The van der Waals surface area contributed by atoms with E-state index in [1.807, 2.05) is 52.8 Å². The van der Waals surface area contributed by atoms with Crippen LogP contribution in [0.4, 0.5) is 11.6 Å². The number of nitriles is 1. The van der Waals surface area contributed by atoms with Gasteiger partial charge in [-0.05, 0) is 68.7 Å². The Hall–Kier alpha value is -3.52. The number of hydrogen-bond acceptors (Lipinski definition) is 9. The minimum atomic E-state index is -0.275. The number of ether oxygens (including phenoxy) is 1. The third kappa shape index (κ3) is 8.31. The van der Waals surface area contributed by atoms with Crippen LogP contribution in [0.5, 0.6) is 5.75 Å².